The number of aromatic nitrogens is 3. The van der Waals surface area contributed by atoms with Gasteiger partial charge in [0.05, 0.1) is 12.1 Å². The fraction of sp³-hybridized carbons (Fsp3) is 0.444. The van der Waals surface area contributed by atoms with Crippen molar-refractivity contribution in [3.8, 4) is 0 Å². The molecule has 2 aromatic heterocycles. The Bertz CT molecular complexity index is 705. The van der Waals surface area contributed by atoms with Crippen LogP contribution in [0, 0.1) is 0 Å². The van der Waals surface area contributed by atoms with Gasteiger partial charge in [-0.15, -0.1) is 0 Å². The van der Waals surface area contributed by atoms with Crippen LogP contribution in [0.15, 0.2) is 36.8 Å². The first-order valence-corrected chi connectivity index (χ1v) is 8.51. The molecule has 1 saturated heterocycles. The van der Waals surface area contributed by atoms with Crippen molar-refractivity contribution in [1.29, 1.82) is 0 Å². The number of anilines is 1. The average molecular weight is 341 g/mol. The number of nitrogens with zero attached hydrogens (tertiary/aromatic N) is 4. The van der Waals surface area contributed by atoms with Gasteiger partial charge in [-0.05, 0) is 30.0 Å². The van der Waals surface area contributed by atoms with Gasteiger partial charge in [0, 0.05) is 31.7 Å². The van der Waals surface area contributed by atoms with Crippen molar-refractivity contribution >= 4 is 11.9 Å². The van der Waals surface area contributed by atoms with E-state index in [4.69, 9.17) is 0 Å². The van der Waals surface area contributed by atoms with E-state index in [0.29, 0.717) is 30.5 Å². The van der Waals surface area contributed by atoms with Crippen molar-refractivity contribution in [2.75, 3.05) is 18.4 Å². The third kappa shape index (κ3) is 4.11. The van der Waals surface area contributed by atoms with Crippen LogP contribution in [0.3, 0.4) is 0 Å². The molecule has 7 nitrogen and oxygen atoms in total. The van der Waals surface area contributed by atoms with E-state index in [2.05, 4.69) is 34.1 Å². The minimum Gasteiger partial charge on any atom is -0.389 e. The minimum absolute atomic E-state index is 0.157. The monoisotopic (exact) mass is 341 g/mol. The Kier molecular flexibility index (Phi) is 5.23. The smallest absolute Gasteiger partial charge is 0.272 e. The molecule has 0 aromatic carbocycles. The van der Waals surface area contributed by atoms with Gasteiger partial charge >= 0.3 is 0 Å². The molecule has 1 aliphatic rings. The number of aliphatic hydroxyl groups is 1. The fourth-order valence-electron chi connectivity index (χ4n) is 2.81. The maximum Gasteiger partial charge on any atom is 0.272 e. The van der Waals surface area contributed by atoms with Crippen LogP contribution in [0.25, 0.3) is 0 Å². The van der Waals surface area contributed by atoms with Gasteiger partial charge < -0.3 is 15.3 Å². The van der Waals surface area contributed by atoms with E-state index in [-0.39, 0.29) is 18.5 Å². The fourth-order valence-corrected chi connectivity index (χ4v) is 2.81. The SMILES string of the molecule is CC(C)c1cnc(N[C@@H]2CCN(C(=O)c3ccccn3)C[C@H]2O)nc1. The Labute approximate surface area is 147 Å². The number of β-amino-alcohol motifs (C(OH)–C–C–N with tert-alkyl or cyclic N) is 1. The zero-order chi connectivity index (χ0) is 17.8. The van der Waals surface area contributed by atoms with Crippen molar-refractivity contribution < 1.29 is 9.90 Å². The average Bonchev–Trinajstić information content (AvgIpc) is 2.64. The number of likely N-dealkylation sites (tertiary alicyclic amines) is 1. The maximum absolute atomic E-state index is 12.4. The maximum atomic E-state index is 12.4. The van der Waals surface area contributed by atoms with E-state index in [1.165, 1.54) is 0 Å². The van der Waals surface area contributed by atoms with Crippen LogP contribution in [-0.4, -0.2) is 56.1 Å². The Balaban J connectivity index is 1.59. The number of pyridine rings is 1. The number of nitrogens with one attached hydrogen (secondary N) is 1. The normalized spacial score (nSPS) is 20.6. The minimum atomic E-state index is -0.685. The van der Waals surface area contributed by atoms with E-state index in [1.807, 2.05) is 0 Å². The third-order valence-corrected chi connectivity index (χ3v) is 4.41. The molecular weight excluding hydrogens is 318 g/mol. The molecule has 2 atom stereocenters. The Hall–Kier alpha value is -2.54. The van der Waals surface area contributed by atoms with Crippen LogP contribution in [0.5, 0.6) is 0 Å². The van der Waals surface area contributed by atoms with Crippen LogP contribution in [0.1, 0.15) is 42.2 Å². The van der Waals surface area contributed by atoms with E-state index in [0.717, 1.165) is 5.56 Å². The molecule has 2 N–H and O–H groups in total. The second kappa shape index (κ2) is 7.57. The number of hydrogen-bond donors (Lipinski definition) is 2. The lowest BCUT2D eigenvalue weighted by Crippen LogP contribution is -2.51. The van der Waals surface area contributed by atoms with Crippen LogP contribution in [0.2, 0.25) is 0 Å². The molecule has 132 valence electrons. The Morgan fingerprint density at radius 1 is 1.28 bits per heavy atom. The molecule has 1 fully saturated rings. The number of amides is 1. The summed E-state index contributed by atoms with van der Waals surface area (Å²) in [7, 11) is 0. The molecule has 0 aliphatic carbocycles. The summed E-state index contributed by atoms with van der Waals surface area (Å²) in [6.07, 6.45) is 5.12. The molecule has 0 unspecified atom stereocenters. The lowest BCUT2D eigenvalue weighted by Gasteiger charge is -2.36. The predicted molar refractivity (Wildman–Crippen MR) is 94.3 cm³/mol. The van der Waals surface area contributed by atoms with Gasteiger partial charge in [-0.1, -0.05) is 19.9 Å². The van der Waals surface area contributed by atoms with Crippen LogP contribution < -0.4 is 5.32 Å². The summed E-state index contributed by atoms with van der Waals surface area (Å²) in [6.45, 7) is 4.99. The summed E-state index contributed by atoms with van der Waals surface area (Å²) in [5, 5.41) is 13.6. The van der Waals surface area contributed by atoms with Gasteiger partial charge in [0.15, 0.2) is 0 Å². The molecule has 0 bridgehead atoms. The first kappa shape index (κ1) is 17.3. The predicted octanol–water partition coefficient (Wildman–Crippen LogP) is 1.68. The number of carbonyl (C=O) groups excluding carboxylic acids is 1. The molecule has 0 radical (unpaired) electrons. The first-order chi connectivity index (χ1) is 12.0. The largest absolute Gasteiger partial charge is 0.389 e. The van der Waals surface area contributed by atoms with Gasteiger partial charge in [0.1, 0.15) is 5.69 Å². The summed E-state index contributed by atoms with van der Waals surface area (Å²) in [5.74, 6) is 0.717. The molecule has 25 heavy (non-hydrogen) atoms. The molecule has 0 saturated carbocycles. The highest BCUT2D eigenvalue weighted by Crippen LogP contribution is 2.18. The van der Waals surface area contributed by atoms with Crippen molar-refractivity contribution in [3.05, 3.63) is 48.0 Å². The van der Waals surface area contributed by atoms with Gasteiger partial charge in [-0.2, -0.15) is 0 Å². The van der Waals surface area contributed by atoms with Gasteiger partial charge in [0.2, 0.25) is 5.95 Å². The van der Waals surface area contributed by atoms with E-state index >= 15 is 0 Å². The Morgan fingerprint density at radius 2 is 2.04 bits per heavy atom. The van der Waals surface area contributed by atoms with Gasteiger partial charge in [0.25, 0.3) is 5.91 Å². The van der Waals surface area contributed by atoms with Gasteiger partial charge in [-0.3, -0.25) is 9.78 Å². The second-order valence-corrected chi connectivity index (χ2v) is 6.57. The lowest BCUT2D eigenvalue weighted by atomic mass is 10.0. The number of hydrogen-bond acceptors (Lipinski definition) is 6. The quantitative estimate of drug-likeness (QED) is 0.879. The molecule has 3 rings (SSSR count). The molecular formula is C18H23N5O2. The zero-order valence-electron chi connectivity index (χ0n) is 14.5. The van der Waals surface area contributed by atoms with Crippen LogP contribution >= 0.6 is 0 Å². The highest BCUT2D eigenvalue weighted by atomic mass is 16.3. The number of carbonyl (C=O) groups is 1. The number of aliphatic hydroxyl groups excluding tert-OH is 1. The molecule has 3 heterocycles. The third-order valence-electron chi connectivity index (χ3n) is 4.41. The molecule has 0 spiro atoms. The van der Waals surface area contributed by atoms with Crippen LogP contribution in [0.4, 0.5) is 5.95 Å². The standard InChI is InChI=1S/C18H23N5O2/c1-12(2)13-9-20-18(21-10-13)22-14-6-8-23(11-16(14)24)17(25)15-5-3-4-7-19-15/h3-5,7,9-10,12,14,16,24H,6,8,11H2,1-2H3,(H,20,21,22)/t14-,16-/m1/s1. The van der Waals surface area contributed by atoms with Crippen molar-refractivity contribution in [2.24, 2.45) is 0 Å². The summed E-state index contributed by atoms with van der Waals surface area (Å²) in [5.41, 5.74) is 1.47. The summed E-state index contributed by atoms with van der Waals surface area (Å²) >= 11 is 0. The van der Waals surface area contributed by atoms with Crippen molar-refractivity contribution in [2.45, 2.75) is 38.3 Å². The Morgan fingerprint density at radius 3 is 2.64 bits per heavy atom. The van der Waals surface area contributed by atoms with Crippen LogP contribution in [-0.2, 0) is 0 Å². The van der Waals surface area contributed by atoms with Crippen molar-refractivity contribution in [1.82, 2.24) is 19.9 Å². The van der Waals surface area contributed by atoms with Gasteiger partial charge in [-0.25, -0.2) is 9.97 Å². The summed E-state index contributed by atoms with van der Waals surface area (Å²) in [4.78, 5) is 26.7. The number of piperidine rings is 1. The molecule has 2 aromatic rings. The zero-order valence-corrected chi connectivity index (χ0v) is 14.5. The van der Waals surface area contributed by atoms with E-state index < -0.39 is 6.10 Å². The molecule has 1 amide bonds. The lowest BCUT2D eigenvalue weighted by molar-refractivity contribution is 0.0421. The summed E-state index contributed by atoms with van der Waals surface area (Å²) < 4.78 is 0. The molecule has 1 aliphatic heterocycles. The molecule has 7 heteroatoms. The first-order valence-electron chi connectivity index (χ1n) is 8.51. The van der Waals surface area contributed by atoms with Crippen molar-refractivity contribution in [3.63, 3.8) is 0 Å². The highest BCUT2D eigenvalue weighted by molar-refractivity contribution is 5.92. The second-order valence-electron chi connectivity index (χ2n) is 6.57. The number of rotatable bonds is 4. The topological polar surface area (TPSA) is 91.2 Å². The summed E-state index contributed by atoms with van der Waals surface area (Å²) in [6, 6.07) is 5.05. The highest BCUT2D eigenvalue weighted by Gasteiger charge is 2.31. The van der Waals surface area contributed by atoms with E-state index in [1.54, 1.807) is 41.7 Å². The van der Waals surface area contributed by atoms with E-state index in [9.17, 15) is 9.90 Å².